The van der Waals surface area contributed by atoms with Crippen molar-refractivity contribution in [3.63, 3.8) is 0 Å². The van der Waals surface area contributed by atoms with Crippen LogP contribution in [-0.2, 0) is 13.9 Å². The van der Waals surface area contributed by atoms with Crippen LogP contribution in [-0.4, -0.2) is 79.7 Å². The van der Waals surface area contributed by atoms with E-state index >= 15 is 0 Å². The molecule has 1 fully saturated rings. The van der Waals surface area contributed by atoms with Gasteiger partial charge in [-0.25, -0.2) is 4.79 Å². The molecule has 0 aromatic carbocycles. The van der Waals surface area contributed by atoms with Gasteiger partial charge in [-0.05, 0) is 51.2 Å². The Bertz CT molecular complexity index is 816. The molecule has 1 aliphatic rings. The van der Waals surface area contributed by atoms with E-state index in [0.29, 0.717) is 23.4 Å². The Morgan fingerprint density at radius 3 is 2.36 bits per heavy atom. The molecule has 36 heavy (non-hydrogen) atoms. The SMILES string of the molecule is CC(C)CC(NC(=O)OC(C)(C)C)C(O[Si](C)(C)C(C)(C)C)c1noc(SCCN2CCOCC2)n1. The summed E-state index contributed by atoms with van der Waals surface area (Å²) in [6.45, 7) is 25.2. The number of nitrogens with zero attached hydrogens (tertiary/aromatic N) is 3. The molecule has 2 rings (SSSR count). The lowest BCUT2D eigenvalue weighted by molar-refractivity contribution is 0.0403. The summed E-state index contributed by atoms with van der Waals surface area (Å²) in [6.07, 6.45) is -0.328. The summed E-state index contributed by atoms with van der Waals surface area (Å²) in [4.78, 5) is 19.9. The average molecular weight is 545 g/mol. The minimum Gasteiger partial charge on any atom is -0.444 e. The van der Waals surface area contributed by atoms with Crippen LogP contribution in [0.5, 0.6) is 0 Å². The van der Waals surface area contributed by atoms with Gasteiger partial charge in [0, 0.05) is 25.4 Å². The summed E-state index contributed by atoms with van der Waals surface area (Å²) >= 11 is 1.54. The Morgan fingerprint density at radius 2 is 1.81 bits per heavy atom. The second-order valence-corrected chi connectivity index (χ2v) is 18.2. The van der Waals surface area contributed by atoms with Gasteiger partial charge >= 0.3 is 6.09 Å². The van der Waals surface area contributed by atoms with Gasteiger partial charge in [0.1, 0.15) is 11.7 Å². The highest BCUT2D eigenvalue weighted by Gasteiger charge is 2.43. The van der Waals surface area contributed by atoms with Gasteiger partial charge in [-0.2, -0.15) is 4.98 Å². The molecule has 1 amide bonds. The van der Waals surface area contributed by atoms with Crippen molar-refractivity contribution in [1.82, 2.24) is 20.4 Å². The van der Waals surface area contributed by atoms with E-state index in [1.54, 1.807) is 11.8 Å². The van der Waals surface area contributed by atoms with E-state index in [-0.39, 0.29) is 11.1 Å². The number of amides is 1. The number of nitrogens with one attached hydrogen (secondary N) is 1. The van der Waals surface area contributed by atoms with E-state index in [2.05, 4.69) is 63.1 Å². The quantitative estimate of drug-likeness (QED) is 0.286. The minimum atomic E-state index is -2.24. The predicted molar refractivity (Wildman–Crippen MR) is 146 cm³/mol. The third-order valence-corrected chi connectivity index (χ3v) is 11.7. The van der Waals surface area contributed by atoms with Crippen molar-refractivity contribution >= 4 is 26.2 Å². The number of carbonyl (C=O) groups is 1. The molecule has 2 unspecified atom stereocenters. The predicted octanol–water partition coefficient (Wildman–Crippen LogP) is 5.50. The Balaban J connectivity index is 2.24. The van der Waals surface area contributed by atoms with Gasteiger partial charge in [0.25, 0.3) is 5.22 Å². The largest absolute Gasteiger partial charge is 0.444 e. The van der Waals surface area contributed by atoms with Crippen molar-refractivity contribution in [2.75, 3.05) is 38.6 Å². The van der Waals surface area contributed by atoms with Crippen LogP contribution in [0.25, 0.3) is 0 Å². The molecule has 1 N–H and O–H groups in total. The van der Waals surface area contributed by atoms with E-state index in [0.717, 1.165) is 38.6 Å². The van der Waals surface area contributed by atoms with Crippen LogP contribution in [0.2, 0.25) is 18.1 Å². The third-order valence-electron chi connectivity index (χ3n) is 6.44. The summed E-state index contributed by atoms with van der Waals surface area (Å²) < 4.78 is 23.5. The fraction of sp³-hybridized carbons (Fsp3) is 0.880. The number of morpholine rings is 1. The van der Waals surface area contributed by atoms with Crippen LogP contribution in [0.15, 0.2) is 9.75 Å². The number of hydrogen-bond acceptors (Lipinski definition) is 9. The molecule has 0 radical (unpaired) electrons. The van der Waals surface area contributed by atoms with Crippen molar-refractivity contribution < 1.29 is 23.2 Å². The Kier molecular flexibility index (Phi) is 11.3. The van der Waals surface area contributed by atoms with Crippen molar-refractivity contribution in [3.8, 4) is 0 Å². The Morgan fingerprint density at radius 1 is 1.17 bits per heavy atom. The molecule has 1 aromatic heterocycles. The summed E-state index contributed by atoms with van der Waals surface area (Å²) in [6, 6.07) is -0.363. The third kappa shape index (κ3) is 10.3. The summed E-state index contributed by atoms with van der Waals surface area (Å²) in [5.74, 6) is 1.63. The highest BCUT2D eigenvalue weighted by molar-refractivity contribution is 7.99. The molecule has 0 saturated carbocycles. The number of thioether (sulfide) groups is 1. The second kappa shape index (κ2) is 13.1. The Labute approximate surface area is 222 Å². The van der Waals surface area contributed by atoms with Gasteiger partial charge in [-0.1, -0.05) is 51.5 Å². The van der Waals surface area contributed by atoms with Gasteiger partial charge < -0.3 is 23.7 Å². The number of aromatic nitrogens is 2. The molecule has 208 valence electrons. The van der Waals surface area contributed by atoms with Gasteiger partial charge in [-0.15, -0.1) is 0 Å². The van der Waals surface area contributed by atoms with Crippen molar-refractivity contribution in [1.29, 1.82) is 0 Å². The molecule has 9 nitrogen and oxygen atoms in total. The molecule has 1 aliphatic heterocycles. The number of carbonyl (C=O) groups excluding carboxylic acids is 1. The molecule has 2 atom stereocenters. The maximum atomic E-state index is 12.8. The van der Waals surface area contributed by atoms with Crippen LogP contribution >= 0.6 is 11.8 Å². The zero-order valence-electron chi connectivity index (χ0n) is 24.0. The average Bonchev–Trinajstić information content (AvgIpc) is 3.18. The maximum Gasteiger partial charge on any atom is 0.407 e. The Hall–Kier alpha value is -1.14. The summed E-state index contributed by atoms with van der Waals surface area (Å²) in [5.41, 5.74) is -0.599. The first-order valence-corrected chi connectivity index (χ1v) is 16.9. The van der Waals surface area contributed by atoms with Gasteiger partial charge in [-0.3, -0.25) is 4.90 Å². The molecule has 0 spiro atoms. The van der Waals surface area contributed by atoms with Crippen molar-refractivity contribution in [2.24, 2.45) is 5.92 Å². The van der Waals surface area contributed by atoms with Gasteiger partial charge in [0.05, 0.1) is 19.3 Å². The molecule has 0 aliphatic carbocycles. The number of hydrogen-bond donors (Lipinski definition) is 1. The standard InChI is InChI=1S/C25H48N4O5SSi/c1-18(2)17-19(26-22(30)32-24(3,4)5)20(34-36(9,10)25(6,7)8)21-27-23(33-28-21)35-16-13-29-11-14-31-15-12-29/h18-20H,11-17H2,1-10H3,(H,26,30). The molecule has 1 aromatic rings. The van der Waals surface area contributed by atoms with Crippen LogP contribution in [0.3, 0.4) is 0 Å². The fourth-order valence-corrected chi connectivity index (χ4v) is 5.55. The topological polar surface area (TPSA) is 99.0 Å². The van der Waals surface area contributed by atoms with Gasteiger partial charge in [0.2, 0.25) is 5.82 Å². The van der Waals surface area contributed by atoms with Crippen LogP contribution in [0, 0.1) is 5.92 Å². The van der Waals surface area contributed by atoms with E-state index in [1.165, 1.54) is 0 Å². The molecule has 1 saturated heterocycles. The normalized spacial score (nSPS) is 17.8. The number of rotatable bonds is 11. The van der Waals surface area contributed by atoms with Crippen molar-refractivity contribution in [3.05, 3.63) is 5.82 Å². The van der Waals surface area contributed by atoms with Crippen LogP contribution in [0.4, 0.5) is 4.79 Å². The minimum absolute atomic E-state index is 0.0287. The van der Waals surface area contributed by atoms with Crippen LogP contribution in [0.1, 0.15) is 73.7 Å². The van der Waals surface area contributed by atoms with E-state index in [9.17, 15) is 4.79 Å². The zero-order valence-corrected chi connectivity index (χ0v) is 25.8. The smallest absolute Gasteiger partial charge is 0.407 e. The van der Waals surface area contributed by atoms with E-state index in [4.69, 9.17) is 23.4 Å². The lowest BCUT2D eigenvalue weighted by atomic mass is 9.99. The van der Waals surface area contributed by atoms with E-state index < -0.39 is 26.1 Å². The molecular weight excluding hydrogens is 496 g/mol. The maximum absolute atomic E-state index is 12.8. The summed E-state index contributed by atoms with van der Waals surface area (Å²) in [5, 5.41) is 7.87. The van der Waals surface area contributed by atoms with Gasteiger partial charge in [0.15, 0.2) is 8.32 Å². The highest BCUT2D eigenvalue weighted by Crippen LogP contribution is 2.41. The van der Waals surface area contributed by atoms with Crippen LogP contribution < -0.4 is 5.32 Å². The first-order valence-electron chi connectivity index (χ1n) is 13.0. The monoisotopic (exact) mass is 544 g/mol. The first-order chi connectivity index (χ1) is 16.6. The second-order valence-electron chi connectivity index (χ2n) is 12.4. The lowest BCUT2D eigenvalue weighted by Crippen LogP contribution is -2.49. The van der Waals surface area contributed by atoms with E-state index in [1.807, 2.05) is 20.8 Å². The zero-order chi connectivity index (χ0) is 27.1. The van der Waals surface area contributed by atoms with Crippen molar-refractivity contribution in [2.45, 2.75) is 103 Å². The number of alkyl carbamates (subject to hydrolysis) is 1. The summed E-state index contributed by atoms with van der Waals surface area (Å²) in [7, 11) is -2.24. The molecule has 2 heterocycles. The molecular formula is C25H48N4O5SSi. The number of ether oxygens (including phenoxy) is 2. The molecule has 0 bridgehead atoms. The lowest BCUT2D eigenvalue weighted by Gasteiger charge is -2.41. The molecule has 11 heteroatoms. The fourth-order valence-electron chi connectivity index (χ4n) is 3.52. The highest BCUT2D eigenvalue weighted by atomic mass is 32.2. The first kappa shape index (κ1) is 31.1.